The number of halogens is 2. The molecule has 8 aromatic rings. The summed E-state index contributed by atoms with van der Waals surface area (Å²) >= 11 is 11.4. The number of benzene rings is 2. The quantitative estimate of drug-likeness (QED) is 0.115. The number of H-pyrrole nitrogens is 1. The molecular weight excluding hydrogens is 787 g/mol. The molecule has 0 radical (unpaired) electrons. The Kier molecular flexibility index (Phi) is 14.3. The number of hydrogen-bond donors (Lipinski definition) is 2. The first-order valence-electron chi connectivity index (χ1n) is 17.4. The largest absolute Gasteiger partial charge is 0.464 e. The summed E-state index contributed by atoms with van der Waals surface area (Å²) in [6, 6.07) is 15.4. The number of carbonyl (C=O) groups excluding carboxylic acids is 2. The van der Waals surface area contributed by atoms with Gasteiger partial charge in [-0.15, -0.1) is 0 Å². The van der Waals surface area contributed by atoms with E-state index in [2.05, 4.69) is 49.9 Å². The molecule has 0 aliphatic carbocycles. The molecule has 2 aromatic carbocycles. The first-order chi connectivity index (χ1) is 27.6. The molecule has 2 N–H and O–H groups in total. The van der Waals surface area contributed by atoms with Crippen LogP contribution in [0.5, 0.6) is 0 Å². The van der Waals surface area contributed by atoms with E-state index in [-0.39, 0.29) is 24.6 Å². The van der Waals surface area contributed by atoms with Crippen LogP contribution in [-0.4, -0.2) is 90.3 Å². The molecular formula is C39H40Cl2N12O5. The number of rotatable bonds is 9. The molecule has 58 heavy (non-hydrogen) atoms. The molecule has 19 heteroatoms. The molecule has 0 bridgehead atoms. The number of imidazole rings is 2. The Morgan fingerprint density at radius 3 is 1.74 bits per heavy atom. The van der Waals surface area contributed by atoms with Crippen LogP contribution in [0.2, 0.25) is 10.6 Å². The zero-order valence-electron chi connectivity index (χ0n) is 31.2. The summed E-state index contributed by atoms with van der Waals surface area (Å²) < 4.78 is 15.0. The predicted molar refractivity (Wildman–Crippen MR) is 218 cm³/mol. The molecule has 17 nitrogen and oxygen atoms in total. The molecule has 0 saturated heterocycles. The second-order valence-electron chi connectivity index (χ2n) is 12.0. The standard InChI is InChI=1S/C19H17ClN6O2.C14H16N2O3.C5H3ClN4.CH4/c1-3-25-11-15(18(27)28-2)23-16(25)13-6-4-12(5-7-13)10-26-17-14(9-22-26)8-21-19(20)24-17;1-3-16-8-12(14(18)19-2)15-13(16)11-6-4-10(9-17)5-7-11;6-5-7-1-3-2-8-10-4(3)9-5;/h4-9,11H,3,10H2,1-2H3;4-8,17H,3,9H2,1-2H3;1-2H,(H,7,8,9,10);1H4. The SMILES string of the molecule is C.CCn1cc(C(=O)OC)nc1-c1ccc(CO)cc1.CCn1cc(C(=O)OC)nc1-c1ccc(Cn2ncc3cnc(Cl)nc32)cc1.Clc1ncc2cn[nH]c2n1. The van der Waals surface area contributed by atoms with Gasteiger partial charge in [0.25, 0.3) is 0 Å². The Balaban J connectivity index is 0.000000183. The molecule has 0 amide bonds. The number of nitrogens with zero attached hydrogens (tertiary/aromatic N) is 11. The highest BCUT2D eigenvalue weighted by molar-refractivity contribution is 6.28. The van der Waals surface area contributed by atoms with Crippen molar-refractivity contribution in [2.75, 3.05) is 14.2 Å². The number of aromatic amines is 1. The minimum absolute atomic E-state index is 0. The summed E-state index contributed by atoms with van der Waals surface area (Å²) in [6.07, 6.45) is 10.0. The minimum Gasteiger partial charge on any atom is -0.464 e. The van der Waals surface area contributed by atoms with Gasteiger partial charge in [-0.2, -0.15) is 20.2 Å². The number of fused-ring (bicyclic) bond motifs is 2. The van der Waals surface area contributed by atoms with Gasteiger partial charge < -0.3 is 23.7 Å². The third-order valence-corrected chi connectivity index (χ3v) is 8.84. The van der Waals surface area contributed by atoms with Crippen molar-refractivity contribution in [3.05, 3.63) is 119 Å². The predicted octanol–water partition coefficient (Wildman–Crippen LogP) is 6.69. The fourth-order valence-electron chi connectivity index (χ4n) is 5.55. The van der Waals surface area contributed by atoms with Gasteiger partial charge in [-0.05, 0) is 48.2 Å². The van der Waals surface area contributed by atoms with Gasteiger partial charge in [0.05, 0.1) is 50.5 Å². The van der Waals surface area contributed by atoms with Crippen LogP contribution in [0.1, 0.15) is 53.4 Å². The lowest BCUT2D eigenvalue weighted by Crippen LogP contribution is -2.03. The fraction of sp³-hybridized carbons (Fsp3) is 0.231. The van der Waals surface area contributed by atoms with Crippen molar-refractivity contribution in [1.82, 2.24) is 59.0 Å². The Morgan fingerprint density at radius 2 is 1.22 bits per heavy atom. The van der Waals surface area contributed by atoms with Crippen molar-refractivity contribution < 1.29 is 24.2 Å². The lowest BCUT2D eigenvalue weighted by atomic mass is 10.1. The summed E-state index contributed by atoms with van der Waals surface area (Å²) in [6.45, 7) is 5.94. The van der Waals surface area contributed by atoms with Gasteiger partial charge in [0, 0.05) is 49.0 Å². The molecule has 6 heterocycles. The lowest BCUT2D eigenvalue weighted by Gasteiger charge is -2.07. The van der Waals surface area contributed by atoms with E-state index < -0.39 is 11.9 Å². The first-order valence-corrected chi connectivity index (χ1v) is 18.2. The number of hydrogen-bond acceptors (Lipinski definition) is 13. The topological polar surface area (TPSA) is 207 Å². The molecule has 0 saturated carbocycles. The van der Waals surface area contributed by atoms with Crippen molar-refractivity contribution in [2.24, 2.45) is 0 Å². The minimum atomic E-state index is -0.448. The van der Waals surface area contributed by atoms with Crippen LogP contribution in [0, 0.1) is 0 Å². The van der Waals surface area contributed by atoms with Crippen LogP contribution in [-0.2, 0) is 35.7 Å². The van der Waals surface area contributed by atoms with Crippen molar-refractivity contribution in [2.45, 2.75) is 47.5 Å². The van der Waals surface area contributed by atoms with Gasteiger partial charge in [-0.3, -0.25) is 5.10 Å². The van der Waals surface area contributed by atoms with Crippen molar-refractivity contribution in [1.29, 1.82) is 0 Å². The third kappa shape index (κ3) is 9.87. The summed E-state index contributed by atoms with van der Waals surface area (Å²) in [5.74, 6) is 0.544. The van der Waals surface area contributed by atoms with E-state index in [1.807, 2.05) is 71.5 Å². The van der Waals surface area contributed by atoms with Crippen molar-refractivity contribution in [3.8, 4) is 22.8 Å². The van der Waals surface area contributed by atoms with Gasteiger partial charge in [0.1, 0.15) is 11.6 Å². The van der Waals surface area contributed by atoms with Crippen LogP contribution in [0.3, 0.4) is 0 Å². The zero-order chi connectivity index (χ0) is 40.5. The van der Waals surface area contributed by atoms with Crippen LogP contribution in [0.4, 0.5) is 0 Å². The Bertz CT molecular complexity index is 2620. The third-order valence-electron chi connectivity index (χ3n) is 8.47. The number of nitrogens with one attached hydrogen (secondary N) is 1. The van der Waals surface area contributed by atoms with E-state index in [0.717, 1.165) is 38.9 Å². The molecule has 0 aliphatic rings. The van der Waals surface area contributed by atoms with Crippen LogP contribution in [0.25, 0.3) is 44.8 Å². The summed E-state index contributed by atoms with van der Waals surface area (Å²) in [4.78, 5) is 47.8. The summed E-state index contributed by atoms with van der Waals surface area (Å²) in [7, 11) is 2.68. The zero-order valence-corrected chi connectivity index (χ0v) is 32.7. The van der Waals surface area contributed by atoms with Gasteiger partial charge in [-0.1, -0.05) is 56.0 Å². The average molecular weight is 828 g/mol. The number of methoxy groups -OCH3 is 2. The molecule has 0 atom stereocenters. The number of aliphatic hydroxyl groups is 1. The Labute approximate surface area is 342 Å². The van der Waals surface area contributed by atoms with E-state index in [4.69, 9.17) is 33.0 Å². The summed E-state index contributed by atoms with van der Waals surface area (Å²) in [5.41, 5.74) is 5.64. The second-order valence-corrected chi connectivity index (χ2v) is 12.7. The monoisotopic (exact) mass is 826 g/mol. The first kappa shape index (κ1) is 42.6. The Hall–Kier alpha value is -6.56. The van der Waals surface area contributed by atoms with E-state index >= 15 is 0 Å². The lowest BCUT2D eigenvalue weighted by molar-refractivity contribution is 0.0586. The van der Waals surface area contributed by atoms with Crippen molar-refractivity contribution >= 4 is 57.2 Å². The molecule has 6 aromatic heterocycles. The number of ether oxygens (including phenoxy) is 2. The molecule has 0 spiro atoms. The van der Waals surface area contributed by atoms with Crippen LogP contribution >= 0.6 is 23.2 Å². The highest BCUT2D eigenvalue weighted by Gasteiger charge is 2.17. The van der Waals surface area contributed by atoms with E-state index in [0.29, 0.717) is 48.1 Å². The van der Waals surface area contributed by atoms with E-state index in [9.17, 15) is 9.59 Å². The van der Waals surface area contributed by atoms with Gasteiger partial charge in [0.2, 0.25) is 10.6 Å². The fourth-order valence-corrected chi connectivity index (χ4v) is 5.81. The van der Waals surface area contributed by atoms with Gasteiger partial charge in [0.15, 0.2) is 22.7 Å². The second kappa shape index (κ2) is 19.5. The van der Waals surface area contributed by atoms with Crippen LogP contribution in [0.15, 0.2) is 85.7 Å². The molecule has 300 valence electrons. The molecule has 0 aliphatic heterocycles. The maximum atomic E-state index is 11.8. The van der Waals surface area contributed by atoms with Crippen molar-refractivity contribution in [3.63, 3.8) is 0 Å². The van der Waals surface area contributed by atoms with Gasteiger partial charge in [-0.25, -0.2) is 34.2 Å². The highest BCUT2D eigenvalue weighted by atomic mass is 35.5. The number of carbonyl (C=O) groups is 2. The smallest absolute Gasteiger partial charge is 0.358 e. The molecule has 0 fully saturated rings. The number of aliphatic hydroxyl groups excluding tert-OH is 1. The number of aromatic nitrogens is 12. The van der Waals surface area contributed by atoms with E-state index in [1.54, 1.807) is 41.9 Å². The Morgan fingerprint density at radius 1 is 0.707 bits per heavy atom. The summed E-state index contributed by atoms with van der Waals surface area (Å²) in [5, 5.41) is 21.9. The highest BCUT2D eigenvalue weighted by Crippen LogP contribution is 2.23. The maximum absolute atomic E-state index is 11.8. The van der Waals surface area contributed by atoms with E-state index in [1.165, 1.54) is 14.2 Å². The molecule has 0 unspecified atom stereocenters. The number of esters is 2. The van der Waals surface area contributed by atoms with Gasteiger partial charge >= 0.3 is 11.9 Å². The maximum Gasteiger partial charge on any atom is 0.358 e. The number of aryl methyl sites for hydroxylation is 2. The normalized spacial score (nSPS) is 10.6. The van der Waals surface area contributed by atoms with Crippen LogP contribution < -0.4 is 0 Å². The molecule has 8 rings (SSSR count). The average Bonchev–Trinajstić information content (AvgIpc) is 4.07.